The molecule has 1 aromatic heterocycles. The van der Waals surface area contributed by atoms with E-state index >= 15 is 4.39 Å². The standard InChI is InChI=1S/C26H29FN4O6S/c1-26(2,3)25-30-29-23(37-25)18-10-21-22(11-19(18)27)38(33,34)14-20(28)24(32)31(21)12-15-4-6-16(7-5-15)36-17-8-9-35-13-17/h4-7,10-11,17,20H,8-9,12-14,28H2,1-3H3/t17?,20-/m0/s1. The summed E-state index contributed by atoms with van der Waals surface area (Å²) in [5.74, 6) is -1.28. The predicted octanol–water partition coefficient (Wildman–Crippen LogP) is 2.99. The number of hydrogen-bond donors (Lipinski definition) is 1. The van der Waals surface area contributed by atoms with Crippen LogP contribution in [0.2, 0.25) is 0 Å². The molecule has 1 unspecified atom stereocenters. The molecule has 3 aromatic rings. The zero-order chi connectivity index (χ0) is 27.2. The van der Waals surface area contributed by atoms with E-state index in [1.165, 1.54) is 11.0 Å². The number of benzene rings is 2. The molecule has 2 aliphatic rings. The molecule has 2 aromatic carbocycles. The summed E-state index contributed by atoms with van der Waals surface area (Å²) in [5.41, 5.74) is 6.10. The number of sulfone groups is 1. The fourth-order valence-corrected chi connectivity index (χ4v) is 5.90. The van der Waals surface area contributed by atoms with Crippen LogP contribution < -0.4 is 15.4 Å². The molecule has 0 spiro atoms. The number of nitrogens with zero attached hydrogens (tertiary/aromatic N) is 3. The highest BCUT2D eigenvalue weighted by molar-refractivity contribution is 7.91. The van der Waals surface area contributed by atoms with Crippen LogP contribution in [0.25, 0.3) is 11.5 Å². The van der Waals surface area contributed by atoms with Crippen molar-refractivity contribution in [2.45, 2.75) is 56.2 Å². The van der Waals surface area contributed by atoms with Gasteiger partial charge in [0.15, 0.2) is 9.84 Å². The van der Waals surface area contributed by atoms with Crippen molar-refractivity contribution >= 4 is 21.4 Å². The third-order valence-corrected chi connectivity index (χ3v) is 8.20. The van der Waals surface area contributed by atoms with Crippen molar-refractivity contribution in [3.8, 4) is 17.2 Å². The lowest BCUT2D eigenvalue weighted by atomic mass is 9.97. The first-order chi connectivity index (χ1) is 17.9. The van der Waals surface area contributed by atoms with Gasteiger partial charge in [0.2, 0.25) is 11.8 Å². The Kier molecular flexibility index (Phi) is 6.74. The van der Waals surface area contributed by atoms with E-state index in [0.29, 0.717) is 24.5 Å². The van der Waals surface area contributed by atoms with Gasteiger partial charge in [-0.25, -0.2) is 12.8 Å². The highest BCUT2D eigenvalue weighted by atomic mass is 32.2. The van der Waals surface area contributed by atoms with Crippen LogP contribution in [0.3, 0.4) is 0 Å². The minimum atomic E-state index is -4.07. The van der Waals surface area contributed by atoms with Gasteiger partial charge in [0.1, 0.15) is 17.7 Å². The molecule has 1 saturated heterocycles. The maximum atomic E-state index is 15.3. The fraction of sp³-hybridized carbons (Fsp3) is 0.423. The second kappa shape index (κ2) is 9.75. The molecule has 10 nitrogen and oxygen atoms in total. The molecular formula is C26H29FN4O6S. The van der Waals surface area contributed by atoms with Gasteiger partial charge < -0.3 is 24.5 Å². The predicted molar refractivity (Wildman–Crippen MR) is 136 cm³/mol. The Labute approximate surface area is 219 Å². The number of fused-ring (bicyclic) bond motifs is 1. The Balaban J connectivity index is 1.53. The van der Waals surface area contributed by atoms with E-state index in [1.54, 1.807) is 24.3 Å². The summed E-state index contributed by atoms with van der Waals surface area (Å²) in [7, 11) is -4.07. The van der Waals surface area contributed by atoms with E-state index in [2.05, 4.69) is 10.2 Å². The smallest absolute Gasteiger partial charge is 0.250 e. The molecule has 12 heteroatoms. The first-order valence-electron chi connectivity index (χ1n) is 12.2. The van der Waals surface area contributed by atoms with E-state index in [4.69, 9.17) is 19.6 Å². The number of carbonyl (C=O) groups is 1. The third-order valence-electron chi connectivity index (χ3n) is 6.41. The highest BCUT2D eigenvalue weighted by Crippen LogP contribution is 2.37. The lowest BCUT2D eigenvalue weighted by Gasteiger charge is -2.25. The van der Waals surface area contributed by atoms with Gasteiger partial charge in [-0.2, -0.15) is 0 Å². The van der Waals surface area contributed by atoms with Gasteiger partial charge >= 0.3 is 0 Å². The summed E-state index contributed by atoms with van der Waals surface area (Å²) in [5, 5.41) is 7.96. The van der Waals surface area contributed by atoms with E-state index in [-0.39, 0.29) is 40.6 Å². The van der Waals surface area contributed by atoms with Crippen LogP contribution in [-0.4, -0.2) is 55.6 Å². The SMILES string of the molecule is CC(C)(C)c1nnc(-c2cc3c(cc2F)S(=O)(=O)C[C@H](N)C(=O)N3Cc2ccc(OC3CCOC3)cc2)o1. The van der Waals surface area contributed by atoms with Gasteiger partial charge in [0.05, 0.1) is 47.7 Å². The van der Waals surface area contributed by atoms with Crippen LogP contribution >= 0.6 is 0 Å². The molecule has 1 fully saturated rings. The van der Waals surface area contributed by atoms with Crippen LogP contribution in [0.1, 0.15) is 38.6 Å². The Morgan fingerprint density at radius 2 is 1.92 bits per heavy atom. The largest absolute Gasteiger partial charge is 0.488 e. The van der Waals surface area contributed by atoms with E-state index in [0.717, 1.165) is 12.5 Å². The van der Waals surface area contributed by atoms with Crippen LogP contribution in [0, 0.1) is 5.82 Å². The molecule has 2 aliphatic heterocycles. The molecule has 38 heavy (non-hydrogen) atoms. The Hall–Kier alpha value is -3.35. The number of halogens is 1. The summed E-state index contributed by atoms with van der Waals surface area (Å²) in [6.45, 7) is 6.79. The van der Waals surface area contributed by atoms with Crippen molar-refractivity contribution in [2.24, 2.45) is 5.73 Å². The minimum absolute atomic E-state index is 0.00158. The average molecular weight is 545 g/mol. The average Bonchev–Trinajstić information content (AvgIpc) is 3.54. The van der Waals surface area contributed by atoms with Crippen molar-refractivity contribution in [3.63, 3.8) is 0 Å². The van der Waals surface area contributed by atoms with Crippen LogP contribution in [0.5, 0.6) is 5.75 Å². The lowest BCUT2D eigenvalue weighted by molar-refractivity contribution is -0.119. The van der Waals surface area contributed by atoms with Gasteiger partial charge in [-0.3, -0.25) is 4.79 Å². The summed E-state index contributed by atoms with van der Waals surface area (Å²) in [6, 6.07) is 7.93. The quantitative estimate of drug-likeness (QED) is 0.514. The van der Waals surface area contributed by atoms with Gasteiger partial charge in [0.25, 0.3) is 5.89 Å². The molecule has 0 bridgehead atoms. The number of carbonyl (C=O) groups excluding carboxylic acids is 1. The zero-order valence-electron chi connectivity index (χ0n) is 21.3. The molecule has 1 amide bonds. The second-order valence-electron chi connectivity index (χ2n) is 10.5. The van der Waals surface area contributed by atoms with Gasteiger partial charge in [0, 0.05) is 11.8 Å². The number of aromatic nitrogens is 2. The van der Waals surface area contributed by atoms with Crippen molar-refractivity contribution < 1.29 is 31.5 Å². The topological polar surface area (TPSA) is 138 Å². The molecule has 2 atom stereocenters. The van der Waals surface area contributed by atoms with Crippen LogP contribution in [0.15, 0.2) is 45.7 Å². The van der Waals surface area contributed by atoms with Gasteiger partial charge in [-0.15, -0.1) is 10.2 Å². The van der Waals surface area contributed by atoms with Crippen LogP contribution in [0.4, 0.5) is 10.1 Å². The van der Waals surface area contributed by atoms with Crippen molar-refractivity contribution in [3.05, 3.63) is 53.7 Å². The van der Waals surface area contributed by atoms with E-state index < -0.39 is 38.8 Å². The van der Waals surface area contributed by atoms with Gasteiger partial charge in [-0.05, 0) is 29.8 Å². The second-order valence-corrected chi connectivity index (χ2v) is 12.5. The van der Waals surface area contributed by atoms with Gasteiger partial charge in [-0.1, -0.05) is 32.9 Å². The summed E-state index contributed by atoms with van der Waals surface area (Å²) in [6.07, 6.45) is 0.795. The Morgan fingerprint density at radius 1 is 1.18 bits per heavy atom. The van der Waals surface area contributed by atoms with Crippen molar-refractivity contribution in [2.75, 3.05) is 23.9 Å². The summed E-state index contributed by atoms with van der Waals surface area (Å²) in [4.78, 5) is 14.3. The molecule has 2 N–H and O–H groups in total. The molecule has 0 saturated carbocycles. The maximum Gasteiger partial charge on any atom is 0.250 e. The molecular weight excluding hydrogens is 515 g/mol. The van der Waals surface area contributed by atoms with Crippen molar-refractivity contribution in [1.82, 2.24) is 10.2 Å². The summed E-state index contributed by atoms with van der Waals surface area (Å²) >= 11 is 0. The van der Waals surface area contributed by atoms with Crippen molar-refractivity contribution in [1.29, 1.82) is 0 Å². The first kappa shape index (κ1) is 26.3. The monoisotopic (exact) mass is 544 g/mol. The number of rotatable bonds is 5. The number of amides is 1. The highest BCUT2D eigenvalue weighted by Gasteiger charge is 2.37. The lowest BCUT2D eigenvalue weighted by Crippen LogP contribution is -2.45. The number of anilines is 1. The summed E-state index contributed by atoms with van der Waals surface area (Å²) < 4.78 is 58.4. The molecule has 202 valence electrons. The zero-order valence-corrected chi connectivity index (χ0v) is 22.1. The fourth-order valence-electron chi connectivity index (χ4n) is 4.34. The Bertz CT molecular complexity index is 1460. The molecule has 0 radical (unpaired) electrons. The first-order valence-corrected chi connectivity index (χ1v) is 13.9. The van der Waals surface area contributed by atoms with E-state index in [1.807, 2.05) is 20.8 Å². The molecule has 0 aliphatic carbocycles. The minimum Gasteiger partial charge on any atom is -0.488 e. The van der Waals surface area contributed by atoms with E-state index in [9.17, 15) is 13.2 Å². The number of hydrogen-bond acceptors (Lipinski definition) is 9. The van der Waals surface area contributed by atoms with Crippen LogP contribution in [-0.2, 0) is 31.3 Å². The third kappa shape index (κ3) is 5.16. The normalized spacial score (nSPS) is 21.3. The maximum absolute atomic E-state index is 15.3. The molecule has 5 rings (SSSR count). The Morgan fingerprint density at radius 3 is 2.55 bits per heavy atom. The number of nitrogens with two attached hydrogens (primary N) is 1. The molecule has 3 heterocycles. The number of ether oxygens (including phenoxy) is 2.